The van der Waals surface area contributed by atoms with Crippen LogP contribution in [-0.2, 0) is 0 Å². The molecule has 0 saturated heterocycles. The Bertz CT molecular complexity index is 0. The van der Waals surface area contributed by atoms with Gasteiger partial charge in [0.25, 0.3) is 0 Å². The maximum Gasteiger partial charge on any atom is -0.0683 e. The van der Waals surface area contributed by atoms with Gasteiger partial charge >= 0.3 is 0 Å². The Morgan fingerprint density at radius 3 is 0.136 bits per heavy atom. The Morgan fingerprint density at radius 1 is 0.136 bits per heavy atom. The van der Waals surface area contributed by atoms with Crippen LogP contribution in [0.15, 0.2) is 0 Å². The van der Waals surface area contributed by atoms with Crippen LogP contribution < -0.4 is 0 Å². The second-order valence-electron chi connectivity index (χ2n) is 0. The molecule has 0 aliphatic carbocycles. The molecular weight excluding hydrogens is 264 g/mol. The van der Waals surface area contributed by atoms with Crippen LogP contribution in [0.1, 0.15) is 153 Å². The summed E-state index contributed by atoms with van der Waals surface area (Å²) in [6.07, 6.45) is 0. The molecule has 0 aromatic rings. The van der Waals surface area contributed by atoms with E-state index >= 15 is 0 Å². The molecule has 0 unspecified atom stereocenters. The Balaban J connectivity index is -0.00000000500. The predicted octanol–water partition coefficient (Wildman–Crippen LogP) is 11.5. The molecule has 0 aromatic carbocycles. The quantitative estimate of drug-likeness (QED) is 0.413. The van der Waals surface area contributed by atoms with Crippen LogP contribution in [0, 0.1) is 0 Å². The van der Waals surface area contributed by atoms with Gasteiger partial charge in [0.2, 0.25) is 0 Å². The summed E-state index contributed by atoms with van der Waals surface area (Å²) in [5.74, 6) is 0. The van der Waals surface area contributed by atoms with Crippen molar-refractivity contribution in [1.82, 2.24) is 0 Å². The fraction of sp³-hybridized carbons (Fsp3) is 1.00. The molecule has 0 N–H and O–H groups in total. The highest BCUT2D eigenvalue weighted by Crippen LogP contribution is 1.16. The van der Waals surface area contributed by atoms with Crippen molar-refractivity contribution in [1.29, 1.82) is 0 Å². The van der Waals surface area contributed by atoms with E-state index in [0.717, 1.165) is 0 Å². The first-order valence-electron chi connectivity index (χ1n) is 10.0. The summed E-state index contributed by atoms with van der Waals surface area (Å²) in [5.41, 5.74) is 0. The van der Waals surface area contributed by atoms with Gasteiger partial charge in [0.05, 0.1) is 0 Å². The molecule has 0 heterocycles. The lowest BCUT2D eigenvalue weighted by Crippen LogP contribution is -0.856. The van der Waals surface area contributed by atoms with Crippen LogP contribution >= 0.6 is 0 Å². The summed E-state index contributed by atoms with van der Waals surface area (Å²) in [4.78, 5) is 0. The van der Waals surface area contributed by atoms with Crippen LogP contribution in [0.3, 0.4) is 0 Å². The van der Waals surface area contributed by atoms with E-state index in [0.29, 0.717) is 0 Å². The van der Waals surface area contributed by atoms with Gasteiger partial charge in [-0.25, -0.2) is 0 Å². The molecule has 0 fully saturated rings. The summed E-state index contributed by atoms with van der Waals surface area (Å²) in [6.45, 7) is 40.0. The van der Waals surface area contributed by atoms with Crippen molar-refractivity contribution >= 4 is 0 Å². The maximum absolute atomic E-state index is 2.00. The lowest BCUT2D eigenvalue weighted by molar-refractivity contribution is 1.50. The molecule has 0 bridgehead atoms. The first-order valence-corrected chi connectivity index (χ1v) is 10.0. The van der Waals surface area contributed by atoms with Gasteiger partial charge in [-0.15, -0.1) is 0 Å². The standard InChI is InChI=1S/10C2H6.2CH4/c10*1-2;;/h10*1-2H3;2*1H4. The van der Waals surface area contributed by atoms with Crippen LogP contribution in [0.4, 0.5) is 0 Å². The van der Waals surface area contributed by atoms with Gasteiger partial charge in [-0.2, -0.15) is 0 Å². The molecular formula is C22H68. The van der Waals surface area contributed by atoms with Gasteiger partial charge in [0, 0.05) is 0 Å². The predicted molar refractivity (Wildman–Crippen MR) is 127 cm³/mol. The zero-order valence-corrected chi connectivity index (χ0v) is 20.0. The van der Waals surface area contributed by atoms with Crippen molar-refractivity contribution in [3.63, 3.8) is 0 Å². The third kappa shape index (κ3) is 0. The second kappa shape index (κ2) is 0. The van der Waals surface area contributed by atoms with Gasteiger partial charge in [0.1, 0.15) is 0 Å². The van der Waals surface area contributed by atoms with E-state index in [1.165, 1.54) is 0 Å². The largest absolute Gasteiger partial charge is 0.0776 e. The lowest BCUT2D eigenvalue weighted by Gasteiger charge is -1.07. The second-order valence-corrected chi connectivity index (χ2v) is 0. The van der Waals surface area contributed by atoms with E-state index in [1.807, 2.05) is 138 Å². The zero-order chi connectivity index (χ0) is 20.0. The Morgan fingerprint density at radius 2 is 0.136 bits per heavy atom. The average Bonchev–Trinajstić information content (AvgIpc) is 2.71. The summed E-state index contributed by atoms with van der Waals surface area (Å²) in [6, 6.07) is 0. The molecule has 0 aromatic heterocycles. The van der Waals surface area contributed by atoms with Gasteiger partial charge in [-0.1, -0.05) is 153 Å². The molecule has 0 amide bonds. The highest BCUT2D eigenvalue weighted by Gasteiger charge is 0.950. The van der Waals surface area contributed by atoms with Crippen molar-refractivity contribution in [2.45, 2.75) is 153 Å². The van der Waals surface area contributed by atoms with E-state index < -0.39 is 0 Å². The molecule has 0 saturated carbocycles. The lowest BCUT2D eigenvalue weighted by atomic mass is 11.0. The molecule has 0 rings (SSSR count). The molecule has 0 spiro atoms. The molecule has 0 atom stereocenters. The smallest absolute Gasteiger partial charge is 0.0683 e. The van der Waals surface area contributed by atoms with Crippen LogP contribution in [0.25, 0.3) is 0 Å². The fourth-order valence-corrected chi connectivity index (χ4v) is 0. The van der Waals surface area contributed by atoms with E-state index in [-0.39, 0.29) is 14.9 Å². The Kier molecular flexibility index (Phi) is 0. The highest BCUT2D eigenvalue weighted by atomic mass is 13.0. The maximum atomic E-state index is 2.00. The van der Waals surface area contributed by atoms with Gasteiger partial charge in [-0.05, 0) is 0 Å². The van der Waals surface area contributed by atoms with Gasteiger partial charge in [0.15, 0.2) is 0 Å². The van der Waals surface area contributed by atoms with Crippen molar-refractivity contribution in [2.24, 2.45) is 0 Å². The van der Waals surface area contributed by atoms with Crippen molar-refractivity contribution in [2.75, 3.05) is 0 Å². The minimum atomic E-state index is 0. The minimum Gasteiger partial charge on any atom is -0.0776 e. The van der Waals surface area contributed by atoms with Crippen LogP contribution in [0.5, 0.6) is 0 Å². The third-order valence-electron chi connectivity index (χ3n) is 0. The van der Waals surface area contributed by atoms with E-state index in [4.69, 9.17) is 0 Å². The normalized spacial score (nSPS) is 2.73. The van der Waals surface area contributed by atoms with E-state index in [2.05, 4.69) is 0 Å². The molecule has 0 aliphatic heterocycles. The number of hydrogen-bond donors (Lipinski definition) is 0. The average molecular weight is 333 g/mol. The zero-order valence-electron chi connectivity index (χ0n) is 20.0. The first kappa shape index (κ1) is 97.0. The SMILES string of the molecule is C.C.CC.CC.CC.CC.CC.CC.CC.CC.CC.CC. The molecule has 156 valence electrons. The minimum absolute atomic E-state index is 0. The summed E-state index contributed by atoms with van der Waals surface area (Å²) < 4.78 is 0. The van der Waals surface area contributed by atoms with Crippen molar-refractivity contribution in [3.05, 3.63) is 0 Å². The summed E-state index contributed by atoms with van der Waals surface area (Å²) >= 11 is 0. The number of rotatable bonds is 0. The van der Waals surface area contributed by atoms with Crippen molar-refractivity contribution in [3.8, 4) is 0 Å². The van der Waals surface area contributed by atoms with Crippen LogP contribution in [0.2, 0.25) is 0 Å². The monoisotopic (exact) mass is 333 g/mol. The molecule has 0 heteroatoms. The Hall–Kier alpha value is 0. The van der Waals surface area contributed by atoms with Crippen LogP contribution in [-0.4, -0.2) is 0 Å². The Labute approximate surface area is 153 Å². The molecule has 0 nitrogen and oxygen atoms in total. The summed E-state index contributed by atoms with van der Waals surface area (Å²) in [7, 11) is 0. The first-order chi connectivity index (χ1) is 10.0. The molecule has 0 aliphatic rings. The number of hydrogen-bond acceptors (Lipinski definition) is 0. The highest BCUT2D eigenvalue weighted by molar-refractivity contribution is 3.52. The van der Waals surface area contributed by atoms with Gasteiger partial charge in [-0.3, -0.25) is 0 Å². The van der Waals surface area contributed by atoms with Crippen molar-refractivity contribution < 1.29 is 0 Å². The van der Waals surface area contributed by atoms with Gasteiger partial charge < -0.3 is 0 Å². The topological polar surface area (TPSA) is 0 Å². The fourth-order valence-electron chi connectivity index (χ4n) is 0. The van der Waals surface area contributed by atoms with E-state index in [1.54, 1.807) is 0 Å². The summed E-state index contributed by atoms with van der Waals surface area (Å²) in [5, 5.41) is 0. The molecule has 0 radical (unpaired) electrons. The molecule has 22 heavy (non-hydrogen) atoms. The third-order valence-corrected chi connectivity index (χ3v) is 0. The van der Waals surface area contributed by atoms with E-state index in [9.17, 15) is 0 Å².